The van der Waals surface area contributed by atoms with Gasteiger partial charge in [0.1, 0.15) is 10.0 Å². The van der Waals surface area contributed by atoms with E-state index in [-0.39, 0.29) is 10.9 Å². The Morgan fingerprint density at radius 2 is 1.44 bits per heavy atom. The van der Waals surface area contributed by atoms with E-state index in [4.69, 9.17) is 0 Å². The molecule has 4 amide bonds. The van der Waals surface area contributed by atoms with Gasteiger partial charge < -0.3 is 10.6 Å². The zero-order valence-electron chi connectivity index (χ0n) is 20.7. The third-order valence-corrected chi connectivity index (χ3v) is 8.09. The van der Waals surface area contributed by atoms with Crippen LogP contribution in [0.4, 0.5) is 36.9 Å². The summed E-state index contributed by atoms with van der Waals surface area (Å²) in [6.07, 6.45) is 0.506. The van der Waals surface area contributed by atoms with Crippen molar-refractivity contribution in [1.82, 2.24) is 20.4 Å². The highest BCUT2D eigenvalue weighted by atomic mass is 32.2. The molecule has 0 aliphatic rings. The SMILES string of the molecule is CCSC(Cc1nnc(NC(=O)Nc2ccc([N+](=O)[O-])cc2)s1)c1nnc(NC(=O)Nc2ccc(C)cc2)s1. The Morgan fingerprint density at radius 1 is 0.872 bits per heavy atom. The second kappa shape index (κ2) is 13.1. The fourth-order valence-corrected chi connectivity index (χ4v) is 6.02. The van der Waals surface area contributed by atoms with E-state index >= 15 is 0 Å². The molecule has 4 rings (SSSR count). The van der Waals surface area contributed by atoms with Gasteiger partial charge in [0.05, 0.1) is 10.2 Å². The molecule has 39 heavy (non-hydrogen) atoms. The van der Waals surface area contributed by atoms with Gasteiger partial charge in [0.2, 0.25) is 10.3 Å². The molecule has 1 atom stereocenters. The molecule has 4 aromatic rings. The van der Waals surface area contributed by atoms with Crippen LogP contribution in [0.25, 0.3) is 0 Å². The summed E-state index contributed by atoms with van der Waals surface area (Å²) < 4.78 is 0. The van der Waals surface area contributed by atoms with Gasteiger partial charge in [-0.25, -0.2) is 9.59 Å². The van der Waals surface area contributed by atoms with Gasteiger partial charge >= 0.3 is 12.1 Å². The zero-order chi connectivity index (χ0) is 27.8. The molecule has 2 heterocycles. The van der Waals surface area contributed by atoms with E-state index in [0.29, 0.717) is 33.1 Å². The Bertz CT molecular complexity index is 1440. The number of aromatic nitrogens is 4. The number of carbonyl (C=O) groups is 2. The van der Waals surface area contributed by atoms with Crippen LogP contribution in [-0.2, 0) is 6.42 Å². The van der Waals surface area contributed by atoms with Crippen LogP contribution in [0.15, 0.2) is 48.5 Å². The molecule has 2 aromatic heterocycles. The maximum atomic E-state index is 12.3. The summed E-state index contributed by atoms with van der Waals surface area (Å²) in [5.41, 5.74) is 2.09. The third-order valence-electron chi connectivity index (χ3n) is 5.00. The average Bonchev–Trinajstić information content (AvgIpc) is 3.55. The Balaban J connectivity index is 1.32. The number of non-ortho nitro benzene ring substituents is 1. The predicted octanol–water partition coefficient (Wildman–Crippen LogP) is 5.93. The van der Waals surface area contributed by atoms with Crippen molar-refractivity contribution in [2.24, 2.45) is 0 Å². The van der Waals surface area contributed by atoms with Crippen LogP contribution >= 0.6 is 34.4 Å². The molecule has 202 valence electrons. The van der Waals surface area contributed by atoms with Crippen molar-refractivity contribution >= 4 is 73.8 Å². The average molecular weight is 586 g/mol. The highest BCUT2D eigenvalue weighted by molar-refractivity contribution is 7.99. The largest absolute Gasteiger partial charge is 0.325 e. The first-order valence-corrected chi connectivity index (χ1v) is 14.2. The van der Waals surface area contributed by atoms with Gasteiger partial charge in [-0.3, -0.25) is 20.7 Å². The van der Waals surface area contributed by atoms with Crippen LogP contribution in [0.2, 0.25) is 0 Å². The van der Waals surface area contributed by atoms with Crippen molar-refractivity contribution < 1.29 is 14.5 Å². The summed E-state index contributed by atoms with van der Waals surface area (Å²) >= 11 is 4.17. The maximum absolute atomic E-state index is 12.3. The highest BCUT2D eigenvalue weighted by Crippen LogP contribution is 2.36. The molecular formula is C23H23N9O4S3. The summed E-state index contributed by atoms with van der Waals surface area (Å²) in [5, 5.41) is 40.0. The van der Waals surface area contributed by atoms with E-state index in [0.717, 1.165) is 16.3 Å². The second-order valence-electron chi connectivity index (χ2n) is 7.92. The second-order valence-corrected chi connectivity index (χ2v) is 11.5. The lowest BCUT2D eigenvalue weighted by molar-refractivity contribution is -0.384. The van der Waals surface area contributed by atoms with Crippen molar-refractivity contribution in [3.8, 4) is 0 Å². The highest BCUT2D eigenvalue weighted by Gasteiger charge is 2.21. The number of nitro groups is 1. The van der Waals surface area contributed by atoms with Crippen LogP contribution in [0.1, 0.15) is 27.8 Å². The normalized spacial score (nSPS) is 11.4. The Labute approximate surface area is 235 Å². The molecule has 0 aliphatic carbocycles. The van der Waals surface area contributed by atoms with E-state index in [1.807, 2.05) is 38.1 Å². The summed E-state index contributed by atoms with van der Waals surface area (Å²) in [5.74, 6) is 0.822. The van der Waals surface area contributed by atoms with E-state index in [1.165, 1.54) is 46.9 Å². The van der Waals surface area contributed by atoms with Crippen LogP contribution in [0.3, 0.4) is 0 Å². The summed E-state index contributed by atoms with van der Waals surface area (Å²) in [6.45, 7) is 4.00. The molecule has 0 saturated carbocycles. The first-order chi connectivity index (χ1) is 18.8. The number of hydrogen-bond donors (Lipinski definition) is 4. The molecule has 0 bridgehead atoms. The van der Waals surface area contributed by atoms with Gasteiger partial charge in [-0.15, -0.1) is 20.4 Å². The molecule has 0 fully saturated rings. The number of urea groups is 2. The molecule has 16 heteroatoms. The van der Waals surface area contributed by atoms with Crippen molar-refractivity contribution in [2.75, 3.05) is 27.0 Å². The van der Waals surface area contributed by atoms with Crippen molar-refractivity contribution in [3.63, 3.8) is 0 Å². The number of nitrogens with zero attached hydrogens (tertiary/aromatic N) is 5. The Hall–Kier alpha value is -4.15. The van der Waals surface area contributed by atoms with Crippen LogP contribution in [0.5, 0.6) is 0 Å². The molecule has 2 aromatic carbocycles. The number of nitrogens with one attached hydrogen (secondary N) is 4. The van der Waals surface area contributed by atoms with E-state index in [2.05, 4.69) is 41.7 Å². The third kappa shape index (κ3) is 8.17. The van der Waals surface area contributed by atoms with E-state index in [1.54, 1.807) is 11.8 Å². The van der Waals surface area contributed by atoms with Gasteiger partial charge in [-0.1, -0.05) is 47.3 Å². The monoisotopic (exact) mass is 585 g/mol. The number of benzene rings is 2. The smallest absolute Gasteiger partial charge is 0.308 e. The Kier molecular flexibility index (Phi) is 9.35. The van der Waals surface area contributed by atoms with Gasteiger partial charge in [0.15, 0.2) is 0 Å². The fraction of sp³-hybridized carbons (Fsp3) is 0.217. The van der Waals surface area contributed by atoms with Crippen molar-refractivity contribution in [3.05, 3.63) is 74.2 Å². The molecule has 0 spiro atoms. The van der Waals surface area contributed by atoms with Gasteiger partial charge in [0.25, 0.3) is 5.69 Å². The maximum Gasteiger partial charge on any atom is 0.325 e. The predicted molar refractivity (Wildman–Crippen MR) is 154 cm³/mol. The Morgan fingerprint density at radius 3 is 2.03 bits per heavy atom. The minimum absolute atomic E-state index is 0.0712. The van der Waals surface area contributed by atoms with E-state index < -0.39 is 17.0 Å². The number of carbonyl (C=O) groups excluding carboxylic acids is 2. The first kappa shape index (κ1) is 27.9. The number of nitro benzene ring substituents is 1. The van der Waals surface area contributed by atoms with Crippen LogP contribution in [-0.4, -0.2) is 43.1 Å². The zero-order valence-corrected chi connectivity index (χ0v) is 23.2. The van der Waals surface area contributed by atoms with Crippen molar-refractivity contribution in [2.45, 2.75) is 25.5 Å². The summed E-state index contributed by atoms with van der Waals surface area (Å²) in [4.78, 5) is 34.9. The van der Waals surface area contributed by atoms with Crippen molar-refractivity contribution in [1.29, 1.82) is 0 Å². The lowest BCUT2D eigenvalue weighted by Crippen LogP contribution is -2.19. The lowest BCUT2D eigenvalue weighted by Gasteiger charge is -2.10. The van der Waals surface area contributed by atoms with Gasteiger partial charge in [-0.05, 0) is 36.9 Å². The lowest BCUT2D eigenvalue weighted by atomic mass is 10.2. The number of aryl methyl sites for hydroxylation is 1. The summed E-state index contributed by atoms with van der Waals surface area (Å²) in [7, 11) is 0. The van der Waals surface area contributed by atoms with Crippen LogP contribution in [0, 0.1) is 17.0 Å². The van der Waals surface area contributed by atoms with Crippen LogP contribution < -0.4 is 21.3 Å². The number of hydrogen-bond acceptors (Lipinski definition) is 11. The molecular weight excluding hydrogens is 563 g/mol. The van der Waals surface area contributed by atoms with Gasteiger partial charge in [0, 0.05) is 29.9 Å². The minimum atomic E-state index is -0.546. The molecule has 13 nitrogen and oxygen atoms in total. The molecule has 1 unspecified atom stereocenters. The van der Waals surface area contributed by atoms with E-state index in [9.17, 15) is 19.7 Å². The number of anilines is 4. The fourth-order valence-electron chi connectivity index (χ4n) is 3.20. The minimum Gasteiger partial charge on any atom is -0.308 e. The van der Waals surface area contributed by atoms with Gasteiger partial charge in [-0.2, -0.15) is 11.8 Å². The standard InChI is InChI=1S/C23H23N9O4S3/c1-3-37-17(19-29-31-23(39-19)27-21(34)24-14-6-4-13(2)5-7-14)12-18-28-30-22(38-18)26-20(33)25-15-8-10-16(11-9-15)32(35)36/h4-11,17H,3,12H2,1-2H3,(H2,24,27,31,34)(H2,25,26,30,33). The molecule has 0 radical (unpaired) electrons. The quantitative estimate of drug-likeness (QED) is 0.130. The topological polar surface area (TPSA) is 177 Å². The number of amides is 4. The number of thioether (sulfide) groups is 1. The first-order valence-electron chi connectivity index (χ1n) is 11.5. The summed E-state index contributed by atoms with van der Waals surface area (Å²) in [6, 6.07) is 12.0. The molecule has 4 N–H and O–H groups in total. The molecule has 0 saturated heterocycles. The number of rotatable bonds is 10. The molecule has 0 aliphatic heterocycles.